The minimum Gasteiger partial charge on any atom is -0.362 e. The van der Waals surface area contributed by atoms with Crippen LogP contribution in [0.15, 0.2) is 30.6 Å². The second kappa shape index (κ2) is 4.83. The zero-order valence-electron chi connectivity index (χ0n) is 9.36. The smallest absolute Gasteiger partial charge is 0.362 e. The first-order chi connectivity index (χ1) is 8.02. The molecule has 0 saturated heterocycles. The number of aromatic nitrogens is 1. The molecule has 102 valence electrons. The van der Waals surface area contributed by atoms with E-state index in [0.29, 0.717) is 0 Å². The Morgan fingerprint density at radius 1 is 1.00 bits per heavy atom. The zero-order valence-corrected chi connectivity index (χ0v) is 11.1. The number of pyridine rings is 1. The van der Waals surface area contributed by atoms with Gasteiger partial charge in [0.25, 0.3) is 0 Å². The molecule has 0 amide bonds. The van der Waals surface area contributed by atoms with Crippen molar-refractivity contribution in [3.05, 3.63) is 30.6 Å². The van der Waals surface area contributed by atoms with Crippen LogP contribution in [0.5, 0.6) is 0 Å². The van der Waals surface area contributed by atoms with Crippen molar-refractivity contribution in [1.82, 2.24) is 0 Å². The molecule has 0 spiro atoms. The van der Waals surface area contributed by atoms with Gasteiger partial charge in [-0.25, -0.2) is 0 Å². The number of rotatable bonds is 4. The Bertz CT molecular complexity index is 485. The Labute approximate surface area is 103 Å². The molecule has 1 unspecified atom stereocenters. The lowest BCUT2D eigenvalue weighted by molar-refractivity contribution is -0.726. The largest absolute Gasteiger partial charge is 0.376 e. The molecule has 0 saturated carbocycles. The minimum atomic E-state index is -5.46. The SMILES string of the molecule is CC([n+]1ccccc1)C(O)(P(=O)(O)O)P(=O)(O)O. The van der Waals surface area contributed by atoms with E-state index >= 15 is 0 Å². The van der Waals surface area contributed by atoms with Crippen LogP contribution in [0, 0.1) is 0 Å². The van der Waals surface area contributed by atoms with E-state index in [-0.39, 0.29) is 0 Å². The molecule has 0 bridgehead atoms. The lowest BCUT2D eigenvalue weighted by Crippen LogP contribution is -2.51. The molecular weight excluding hydrogens is 284 g/mol. The third-order valence-electron chi connectivity index (χ3n) is 2.60. The minimum absolute atomic E-state index is 1.11. The average molecular weight is 298 g/mol. The number of hydrogen-bond acceptors (Lipinski definition) is 3. The zero-order chi connectivity index (χ0) is 14.2. The quantitative estimate of drug-likeness (QED) is 0.374. The van der Waals surface area contributed by atoms with Crippen molar-refractivity contribution in [1.29, 1.82) is 0 Å². The van der Waals surface area contributed by atoms with Gasteiger partial charge in [-0.2, -0.15) is 4.57 Å². The summed E-state index contributed by atoms with van der Waals surface area (Å²) in [7, 11) is -10.9. The fraction of sp³-hybridized carbons (Fsp3) is 0.375. The van der Waals surface area contributed by atoms with Crippen LogP contribution in [0.1, 0.15) is 13.0 Å². The van der Waals surface area contributed by atoms with Crippen molar-refractivity contribution in [2.45, 2.75) is 18.0 Å². The van der Waals surface area contributed by atoms with Gasteiger partial charge in [0.15, 0.2) is 12.4 Å². The molecule has 0 aliphatic rings. The predicted molar refractivity (Wildman–Crippen MR) is 60.4 cm³/mol. The van der Waals surface area contributed by atoms with E-state index in [1.165, 1.54) is 24.5 Å². The van der Waals surface area contributed by atoms with E-state index in [9.17, 15) is 14.2 Å². The highest BCUT2D eigenvalue weighted by molar-refractivity contribution is 7.72. The summed E-state index contributed by atoms with van der Waals surface area (Å²) in [5.74, 6) is 0. The molecule has 0 aliphatic carbocycles. The summed E-state index contributed by atoms with van der Waals surface area (Å²) in [5, 5.41) is 6.39. The second-order valence-electron chi connectivity index (χ2n) is 3.77. The Morgan fingerprint density at radius 3 is 1.72 bits per heavy atom. The van der Waals surface area contributed by atoms with E-state index in [4.69, 9.17) is 19.6 Å². The first-order valence-electron chi connectivity index (χ1n) is 4.81. The first-order valence-corrected chi connectivity index (χ1v) is 8.03. The van der Waals surface area contributed by atoms with Gasteiger partial charge in [0.1, 0.15) is 0 Å². The van der Waals surface area contributed by atoms with Crippen LogP contribution in [-0.4, -0.2) is 29.8 Å². The molecule has 10 heteroatoms. The van der Waals surface area contributed by atoms with Crippen LogP contribution in [0.2, 0.25) is 0 Å². The van der Waals surface area contributed by atoms with E-state index in [1.54, 1.807) is 6.07 Å². The third-order valence-corrected chi connectivity index (χ3v) is 6.63. The highest BCUT2D eigenvalue weighted by Gasteiger charge is 2.67. The van der Waals surface area contributed by atoms with Crippen LogP contribution in [0.4, 0.5) is 0 Å². The van der Waals surface area contributed by atoms with Gasteiger partial charge in [0.05, 0.1) is 0 Å². The Kier molecular flexibility index (Phi) is 4.15. The summed E-state index contributed by atoms with van der Waals surface area (Å²) in [5.41, 5.74) is 0. The van der Waals surface area contributed by atoms with Gasteiger partial charge < -0.3 is 24.7 Å². The van der Waals surface area contributed by atoms with Crippen LogP contribution in [0.25, 0.3) is 0 Å². The predicted octanol–water partition coefficient (Wildman–Crippen LogP) is -0.463. The van der Waals surface area contributed by atoms with Gasteiger partial charge in [0, 0.05) is 19.1 Å². The van der Waals surface area contributed by atoms with Crippen LogP contribution < -0.4 is 4.57 Å². The fourth-order valence-corrected chi connectivity index (χ4v) is 4.12. The van der Waals surface area contributed by atoms with Crippen molar-refractivity contribution < 1.29 is 38.4 Å². The Hall–Kier alpha value is -0.590. The first kappa shape index (κ1) is 15.5. The third kappa shape index (κ3) is 2.55. The molecule has 1 aromatic rings. The monoisotopic (exact) mass is 298 g/mol. The summed E-state index contributed by atoms with van der Waals surface area (Å²) in [4.78, 5) is 36.2. The maximum Gasteiger partial charge on any atom is 0.376 e. The molecule has 0 fully saturated rings. The van der Waals surface area contributed by atoms with E-state index < -0.39 is 26.3 Å². The number of aliphatic hydroxyl groups is 1. The number of nitrogens with zero attached hydrogens (tertiary/aromatic N) is 1. The molecule has 1 heterocycles. The highest BCUT2D eigenvalue weighted by Crippen LogP contribution is 2.70. The molecule has 0 aromatic carbocycles. The molecule has 1 aromatic heterocycles. The maximum atomic E-state index is 11.3. The molecular formula is C8H14NO7P2+. The van der Waals surface area contributed by atoms with Gasteiger partial charge in [-0.15, -0.1) is 0 Å². The summed E-state index contributed by atoms with van der Waals surface area (Å²) in [6.07, 6.45) is 2.67. The van der Waals surface area contributed by atoms with E-state index in [1.807, 2.05) is 0 Å². The van der Waals surface area contributed by atoms with Crippen molar-refractivity contribution in [3.8, 4) is 0 Å². The lowest BCUT2D eigenvalue weighted by Gasteiger charge is -2.30. The van der Waals surface area contributed by atoms with E-state index in [2.05, 4.69) is 0 Å². The molecule has 1 atom stereocenters. The second-order valence-corrected chi connectivity index (χ2v) is 7.67. The van der Waals surface area contributed by atoms with Gasteiger partial charge in [-0.05, 0) is 0 Å². The maximum absolute atomic E-state index is 11.3. The van der Waals surface area contributed by atoms with Crippen molar-refractivity contribution in [3.63, 3.8) is 0 Å². The summed E-state index contributed by atoms with van der Waals surface area (Å²) in [6.45, 7) is 1.11. The van der Waals surface area contributed by atoms with E-state index in [0.717, 1.165) is 11.5 Å². The van der Waals surface area contributed by atoms with Crippen molar-refractivity contribution in [2.24, 2.45) is 0 Å². The topological polar surface area (TPSA) is 139 Å². The standard InChI is InChI=1S/C8H13NO7P2/c1-7(9-5-3-2-4-6-9)8(10,17(11,12)13)18(14,15)16/h2-7,10H,1H3,(H3-,11,12,13,14,15,16)/p+1. The summed E-state index contributed by atoms with van der Waals surface area (Å²) >= 11 is 0. The molecule has 5 N–H and O–H groups in total. The van der Waals surface area contributed by atoms with Crippen LogP contribution in [0.3, 0.4) is 0 Å². The highest BCUT2D eigenvalue weighted by atomic mass is 31.2. The normalized spacial score (nSPS) is 15.4. The number of hydrogen-bond donors (Lipinski definition) is 5. The molecule has 0 aliphatic heterocycles. The fourth-order valence-electron chi connectivity index (χ4n) is 1.53. The van der Waals surface area contributed by atoms with Crippen LogP contribution >= 0.6 is 15.2 Å². The van der Waals surface area contributed by atoms with Crippen molar-refractivity contribution >= 4 is 15.2 Å². The average Bonchev–Trinajstić information content (AvgIpc) is 2.25. The Balaban J connectivity index is 3.40. The molecule has 0 radical (unpaired) electrons. The van der Waals surface area contributed by atoms with Gasteiger partial charge in [-0.3, -0.25) is 9.13 Å². The van der Waals surface area contributed by atoms with Gasteiger partial charge in [-0.1, -0.05) is 6.07 Å². The van der Waals surface area contributed by atoms with Gasteiger partial charge >= 0.3 is 20.3 Å². The Morgan fingerprint density at radius 2 is 1.39 bits per heavy atom. The van der Waals surface area contributed by atoms with Crippen LogP contribution in [-0.2, 0) is 9.13 Å². The molecule has 1 rings (SSSR count). The summed E-state index contributed by atoms with van der Waals surface area (Å²) < 4.78 is 23.6. The lowest BCUT2D eigenvalue weighted by atomic mass is 10.3. The van der Waals surface area contributed by atoms with Crippen molar-refractivity contribution in [2.75, 3.05) is 0 Å². The molecule has 18 heavy (non-hydrogen) atoms. The molecule has 8 nitrogen and oxygen atoms in total. The summed E-state index contributed by atoms with van der Waals surface area (Å²) in [6, 6.07) is 3.09. The van der Waals surface area contributed by atoms with Gasteiger partial charge in [0.2, 0.25) is 6.04 Å².